The number of ketones is 1. The van der Waals surface area contributed by atoms with E-state index >= 15 is 0 Å². The number of amides is 1. The van der Waals surface area contributed by atoms with Crippen LogP contribution >= 0.6 is 0 Å². The van der Waals surface area contributed by atoms with Gasteiger partial charge in [0.25, 0.3) is 5.91 Å². The highest BCUT2D eigenvalue weighted by Crippen LogP contribution is 2.32. The summed E-state index contributed by atoms with van der Waals surface area (Å²) in [5.41, 5.74) is 1.71. The van der Waals surface area contributed by atoms with E-state index in [9.17, 15) is 9.59 Å². The van der Waals surface area contributed by atoms with Gasteiger partial charge in [-0.15, -0.1) is 0 Å². The molecule has 0 aromatic heterocycles. The Balaban J connectivity index is 1.46. The molecule has 0 radical (unpaired) electrons. The van der Waals surface area contributed by atoms with Crippen molar-refractivity contribution in [2.45, 2.75) is 38.0 Å². The summed E-state index contributed by atoms with van der Waals surface area (Å²) in [6.07, 6.45) is 6.31. The molecule has 1 fully saturated rings. The topological polar surface area (TPSA) is 55.4 Å². The van der Waals surface area contributed by atoms with Crippen molar-refractivity contribution in [3.8, 4) is 5.75 Å². The molecule has 0 bridgehead atoms. The highest BCUT2D eigenvalue weighted by molar-refractivity contribution is 6.42. The van der Waals surface area contributed by atoms with Gasteiger partial charge in [-0.2, -0.15) is 0 Å². The molecule has 26 heavy (non-hydrogen) atoms. The average molecular weight is 351 g/mol. The Kier molecular flexibility index (Phi) is 6.42. The van der Waals surface area contributed by atoms with E-state index in [0.717, 1.165) is 5.75 Å². The minimum absolute atomic E-state index is 0.291. The van der Waals surface area contributed by atoms with Gasteiger partial charge < -0.3 is 10.1 Å². The fraction of sp³-hybridized carbons (Fsp3) is 0.364. The maximum Gasteiger partial charge on any atom is 0.292 e. The number of hydrogen-bond donors (Lipinski definition) is 1. The monoisotopic (exact) mass is 351 g/mol. The zero-order valence-corrected chi connectivity index (χ0v) is 14.9. The number of hydrogen-bond acceptors (Lipinski definition) is 3. The van der Waals surface area contributed by atoms with E-state index in [-0.39, 0.29) is 0 Å². The molecule has 1 aliphatic carbocycles. The van der Waals surface area contributed by atoms with Gasteiger partial charge in [-0.1, -0.05) is 61.7 Å². The van der Waals surface area contributed by atoms with Gasteiger partial charge in [0, 0.05) is 5.56 Å². The average Bonchev–Trinajstić information content (AvgIpc) is 2.72. The van der Waals surface area contributed by atoms with Gasteiger partial charge in [-0.25, -0.2) is 0 Å². The van der Waals surface area contributed by atoms with Crippen LogP contribution in [-0.2, 0) is 4.79 Å². The van der Waals surface area contributed by atoms with Crippen molar-refractivity contribution in [2.24, 2.45) is 0 Å². The van der Waals surface area contributed by atoms with Gasteiger partial charge in [0.2, 0.25) is 5.78 Å². The predicted octanol–water partition coefficient (Wildman–Crippen LogP) is 4.11. The Morgan fingerprint density at radius 2 is 1.62 bits per heavy atom. The number of benzene rings is 2. The molecule has 3 rings (SSSR count). The molecule has 136 valence electrons. The van der Waals surface area contributed by atoms with Crippen molar-refractivity contribution in [3.05, 3.63) is 65.7 Å². The van der Waals surface area contributed by atoms with Crippen molar-refractivity contribution in [1.29, 1.82) is 0 Å². The highest BCUT2D eigenvalue weighted by Gasteiger charge is 2.18. The molecule has 4 heteroatoms. The molecule has 0 heterocycles. The molecule has 1 N–H and O–H groups in total. The normalized spacial score (nSPS) is 14.6. The van der Waals surface area contributed by atoms with E-state index in [2.05, 4.69) is 5.32 Å². The summed E-state index contributed by atoms with van der Waals surface area (Å²) in [5.74, 6) is 0.246. The molecule has 1 amide bonds. The smallest absolute Gasteiger partial charge is 0.292 e. The third-order valence-electron chi connectivity index (χ3n) is 4.86. The van der Waals surface area contributed by atoms with Gasteiger partial charge >= 0.3 is 0 Å². The molecule has 2 aromatic rings. The Morgan fingerprint density at radius 1 is 0.923 bits per heavy atom. The summed E-state index contributed by atoms with van der Waals surface area (Å²) in [6, 6.07) is 16.9. The van der Waals surface area contributed by atoms with Gasteiger partial charge in [0.1, 0.15) is 12.4 Å². The number of carbonyl (C=O) groups is 2. The third kappa shape index (κ3) is 4.94. The quantitative estimate of drug-likeness (QED) is 0.464. The SMILES string of the molecule is O=C(NCCOc1ccccc1)C(=O)c1ccc(C2CCCCC2)cc1. The minimum Gasteiger partial charge on any atom is -0.492 e. The molecule has 4 nitrogen and oxygen atoms in total. The van der Waals surface area contributed by atoms with Crippen LogP contribution in [0.5, 0.6) is 5.75 Å². The summed E-state index contributed by atoms with van der Waals surface area (Å²) < 4.78 is 5.50. The van der Waals surface area contributed by atoms with E-state index in [0.29, 0.717) is 24.6 Å². The highest BCUT2D eigenvalue weighted by atomic mass is 16.5. The van der Waals surface area contributed by atoms with Crippen LogP contribution in [0.3, 0.4) is 0 Å². The molecule has 0 saturated heterocycles. The number of Topliss-reactive ketones (excluding diaryl/α,β-unsaturated/α-hetero) is 1. The molecular formula is C22H25NO3. The van der Waals surface area contributed by atoms with Crippen molar-refractivity contribution < 1.29 is 14.3 Å². The van der Waals surface area contributed by atoms with E-state index in [1.54, 1.807) is 12.1 Å². The summed E-state index contributed by atoms with van der Waals surface area (Å²) >= 11 is 0. The summed E-state index contributed by atoms with van der Waals surface area (Å²) in [4.78, 5) is 24.3. The largest absolute Gasteiger partial charge is 0.492 e. The summed E-state index contributed by atoms with van der Waals surface area (Å²) in [6.45, 7) is 0.614. The zero-order chi connectivity index (χ0) is 18.2. The first-order valence-corrected chi connectivity index (χ1v) is 9.34. The van der Waals surface area contributed by atoms with E-state index in [1.165, 1.54) is 37.7 Å². The number of nitrogens with one attached hydrogen (secondary N) is 1. The molecule has 1 aliphatic rings. The van der Waals surface area contributed by atoms with Crippen molar-refractivity contribution in [3.63, 3.8) is 0 Å². The van der Waals surface area contributed by atoms with Crippen LogP contribution in [0.4, 0.5) is 0 Å². The van der Waals surface area contributed by atoms with Crippen molar-refractivity contribution in [2.75, 3.05) is 13.2 Å². The second-order valence-electron chi connectivity index (χ2n) is 6.70. The molecular weight excluding hydrogens is 326 g/mol. The Labute approximate surface area is 154 Å². The van der Waals surface area contributed by atoms with Gasteiger partial charge in [0.15, 0.2) is 0 Å². The van der Waals surface area contributed by atoms with E-state index < -0.39 is 11.7 Å². The van der Waals surface area contributed by atoms with E-state index in [4.69, 9.17) is 4.74 Å². The van der Waals surface area contributed by atoms with Crippen LogP contribution in [0.25, 0.3) is 0 Å². The van der Waals surface area contributed by atoms with Crippen molar-refractivity contribution >= 4 is 11.7 Å². The standard InChI is InChI=1S/C22H25NO3/c24-21(22(25)23-15-16-26-20-9-5-2-6-10-20)19-13-11-18(12-14-19)17-7-3-1-4-8-17/h2,5-6,9-14,17H,1,3-4,7-8,15-16H2,(H,23,25). The Hall–Kier alpha value is -2.62. The van der Waals surface area contributed by atoms with E-state index in [1.807, 2.05) is 42.5 Å². The van der Waals surface area contributed by atoms with Crippen LogP contribution in [0.15, 0.2) is 54.6 Å². The lowest BCUT2D eigenvalue weighted by Gasteiger charge is -2.21. The number of para-hydroxylation sites is 1. The maximum absolute atomic E-state index is 12.2. The lowest BCUT2D eigenvalue weighted by Crippen LogP contribution is -2.34. The number of rotatable bonds is 7. The van der Waals surface area contributed by atoms with Gasteiger partial charge in [-0.3, -0.25) is 9.59 Å². The predicted molar refractivity (Wildman–Crippen MR) is 102 cm³/mol. The first kappa shape index (κ1) is 18.2. The van der Waals surface area contributed by atoms with Crippen LogP contribution in [0, 0.1) is 0 Å². The lowest BCUT2D eigenvalue weighted by atomic mass is 9.84. The number of carbonyl (C=O) groups excluding carboxylic acids is 2. The van der Waals surface area contributed by atoms with Crippen LogP contribution in [-0.4, -0.2) is 24.8 Å². The molecule has 0 unspecified atom stereocenters. The fourth-order valence-electron chi connectivity index (χ4n) is 3.40. The molecule has 2 aromatic carbocycles. The summed E-state index contributed by atoms with van der Waals surface area (Å²) in [7, 11) is 0. The Morgan fingerprint density at radius 3 is 2.31 bits per heavy atom. The lowest BCUT2D eigenvalue weighted by molar-refractivity contribution is -0.117. The second-order valence-corrected chi connectivity index (χ2v) is 6.70. The maximum atomic E-state index is 12.2. The fourth-order valence-corrected chi connectivity index (χ4v) is 3.40. The first-order valence-electron chi connectivity index (χ1n) is 9.34. The Bertz CT molecular complexity index is 719. The first-order chi connectivity index (χ1) is 12.7. The van der Waals surface area contributed by atoms with Crippen molar-refractivity contribution in [1.82, 2.24) is 5.32 Å². The molecule has 0 atom stereocenters. The van der Waals surface area contributed by atoms with Crippen LogP contribution in [0.2, 0.25) is 0 Å². The minimum atomic E-state index is -0.591. The van der Waals surface area contributed by atoms with Gasteiger partial charge in [0.05, 0.1) is 6.54 Å². The second kappa shape index (κ2) is 9.18. The van der Waals surface area contributed by atoms with Crippen LogP contribution in [0.1, 0.15) is 53.9 Å². The van der Waals surface area contributed by atoms with Gasteiger partial charge in [-0.05, 0) is 36.5 Å². The third-order valence-corrected chi connectivity index (χ3v) is 4.86. The molecule has 0 spiro atoms. The summed E-state index contributed by atoms with van der Waals surface area (Å²) in [5, 5.41) is 2.62. The molecule has 0 aliphatic heterocycles. The van der Waals surface area contributed by atoms with Crippen LogP contribution < -0.4 is 10.1 Å². The zero-order valence-electron chi connectivity index (χ0n) is 14.9. The molecule has 1 saturated carbocycles. The number of ether oxygens (including phenoxy) is 1.